The summed E-state index contributed by atoms with van der Waals surface area (Å²) >= 11 is 0. The lowest BCUT2D eigenvalue weighted by Crippen LogP contribution is -2.47. The van der Waals surface area contributed by atoms with Gasteiger partial charge in [-0.15, -0.1) is 0 Å². The molecular weight excluding hydrogens is 386 g/mol. The highest BCUT2D eigenvalue weighted by Gasteiger charge is 2.21. The van der Waals surface area contributed by atoms with Gasteiger partial charge in [0.05, 0.1) is 27.6 Å². The summed E-state index contributed by atoms with van der Waals surface area (Å²) in [6.45, 7) is 5.46. The molecule has 1 saturated heterocycles. The van der Waals surface area contributed by atoms with Crippen LogP contribution < -0.4 is 4.90 Å². The summed E-state index contributed by atoms with van der Waals surface area (Å²) in [5.74, 6) is 0. The van der Waals surface area contributed by atoms with Crippen molar-refractivity contribution in [1.29, 1.82) is 0 Å². The second-order valence-electron chi connectivity index (χ2n) is 7.16. The van der Waals surface area contributed by atoms with Gasteiger partial charge in [-0.1, -0.05) is 30.3 Å². The van der Waals surface area contributed by atoms with Crippen LogP contribution in [0.2, 0.25) is 0 Å². The van der Waals surface area contributed by atoms with Gasteiger partial charge in [0.2, 0.25) is 9.84 Å². The predicted molar refractivity (Wildman–Crippen MR) is 114 cm³/mol. The molecule has 2 heterocycles. The van der Waals surface area contributed by atoms with Gasteiger partial charge in [0, 0.05) is 51.4 Å². The van der Waals surface area contributed by atoms with Gasteiger partial charge < -0.3 is 9.64 Å². The van der Waals surface area contributed by atoms with Crippen molar-refractivity contribution in [3.63, 3.8) is 0 Å². The minimum atomic E-state index is -3.58. The molecule has 0 atom stereocenters. The highest BCUT2D eigenvalue weighted by molar-refractivity contribution is 7.91. The number of nitrogens with zero attached hydrogens (tertiary/aromatic N) is 3. The average molecular weight is 412 g/mol. The number of aromatic nitrogens is 1. The maximum atomic E-state index is 12.9. The first kappa shape index (κ1) is 19.8. The van der Waals surface area contributed by atoms with Crippen molar-refractivity contribution in [3.8, 4) is 0 Å². The Morgan fingerprint density at radius 3 is 2.45 bits per heavy atom. The molecule has 0 saturated carbocycles. The van der Waals surface area contributed by atoms with Crippen molar-refractivity contribution >= 4 is 26.4 Å². The molecule has 0 radical (unpaired) electrons. The van der Waals surface area contributed by atoms with Crippen molar-refractivity contribution in [2.75, 3.05) is 51.3 Å². The van der Waals surface area contributed by atoms with Crippen molar-refractivity contribution < 1.29 is 13.2 Å². The van der Waals surface area contributed by atoms with Crippen molar-refractivity contribution in [2.24, 2.45) is 0 Å². The molecule has 0 spiro atoms. The van der Waals surface area contributed by atoms with Crippen molar-refractivity contribution in [2.45, 2.75) is 9.79 Å². The van der Waals surface area contributed by atoms with Gasteiger partial charge in [-0.2, -0.15) is 0 Å². The quantitative estimate of drug-likeness (QED) is 0.622. The summed E-state index contributed by atoms with van der Waals surface area (Å²) in [6, 6.07) is 16.2. The number of para-hydroxylation sites is 1. The van der Waals surface area contributed by atoms with Crippen LogP contribution >= 0.6 is 0 Å². The summed E-state index contributed by atoms with van der Waals surface area (Å²) in [5, 5.41) is 0.835. The Balaban J connectivity index is 1.61. The van der Waals surface area contributed by atoms with Gasteiger partial charge in [0.25, 0.3) is 0 Å². The number of fused-ring (bicyclic) bond motifs is 1. The first-order valence-electron chi connectivity index (χ1n) is 9.75. The number of hydrogen-bond acceptors (Lipinski definition) is 6. The van der Waals surface area contributed by atoms with Gasteiger partial charge in [0.15, 0.2) is 0 Å². The Morgan fingerprint density at radius 2 is 1.72 bits per heavy atom. The lowest BCUT2D eigenvalue weighted by Gasteiger charge is -2.36. The Bertz CT molecular complexity index is 1080. The molecule has 7 heteroatoms. The van der Waals surface area contributed by atoms with E-state index in [1.165, 1.54) is 6.20 Å². The zero-order valence-corrected chi connectivity index (χ0v) is 17.3. The smallest absolute Gasteiger partial charge is 0.208 e. The average Bonchev–Trinajstić information content (AvgIpc) is 2.78. The Morgan fingerprint density at radius 1 is 0.966 bits per heavy atom. The van der Waals surface area contributed by atoms with Crippen LogP contribution in [0.15, 0.2) is 70.6 Å². The molecule has 3 aromatic rings. The second-order valence-corrected chi connectivity index (χ2v) is 9.11. The van der Waals surface area contributed by atoms with Gasteiger partial charge >= 0.3 is 0 Å². The summed E-state index contributed by atoms with van der Waals surface area (Å²) in [5.41, 5.74) is 1.89. The largest absolute Gasteiger partial charge is 0.383 e. The van der Waals surface area contributed by atoms with E-state index >= 15 is 0 Å². The molecule has 29 heavy (non-hydrogen) atoms. The van der Waals surface area contributed by atoms with Crippen LogP contribution in [0.5, 0.6) is 0 Å². The van der Waals surface area contributed by atoms with E-state index < -0.39 is 9.84 Å². The normalized spacial score (nSPS) is 15.7. The fourth-order valence-corrected chi connectivity index (χ4v) is 4.96. The zero-order valence-electron chi connectivity index (χ0n) is 16.5. The van der Waals surface area contributed by atoms with E-state index in [1.807, 2.05) is 12.1 Å². The van der Waals surface area contributed by atoms with E-state index in [0.29, 0.717) is 0 Å². The van der Waals surface area contributed by atoms with Crippen LogP contribution in [0.1, 0.15) is 0 Å². The van der Waals surface area contributed by atoms with Crippen LogP contribution in [-0.2, 0) is 14.6 Å². The molecule has 4 rings (SSSR count). The number of hydrogen-bond donors (Lipinski definition) is 0. The SMILES string of the molecule is COCCN1CCN(c2cccc3cc(S(=O)(=O)c4ccccc4)cnc23)CC1. The number of methoxy groups -OCH3 is 1. The van der Waals surface area contributed by atoms with E-state index in [4.69, 9.17) is 4.74 Å². The molecule has 0 N–H and O–H groups in total. The third-order valence-electron chi connectivity index (χ3n) is 5.35. The third kappa shape index (κ3) is 4.12. The first-order chi connectivity index (χ1) is 14.1. The van der Waals surface area contributed by atoms with Gasteiger partial charge in [-0.3, -0.25) is 9.88 Å². The van der Waals surface area contributed by atoms with E-state index in [9.17, 15) is 8.42 Å². The molecule has 1 aliphatic rings. The third-order valence-corrected chi connectivity index (χ3v) is 7.09. The van der Waals surface area contributed by atoms with E-state index in [-0.39, 0.29) is 9.79 Å². The Kier molecular flexibility index (Phi) is 5.80. The monoisotopic (exact) mass is 411 g/mol. The molecule has 152 valence electrons. The minimum Gasteiger partial charge on any atom is -0.383 e. The van der Waals surface area contributed by atoms with Crippen LogP contribution in [-0.4, -0.2) is 64.7 Å². The predicted octanol–water partition coefficient (Wildman–Crippen LogP) is 2.84. The fraction of sp³-hybridized carbons (Fsp3) is 0.318. The number of anilines is 1. The molecule has 6 nitrogen and oxygen atoms in total. The van der Waals surface area contributed by atoms with E-state index in [1.54, 1.807) is 43.5 Å². The molecule has 0 aliphatic carbocycles. The molecule has 0 amide bonds. The van der Waals surface area contributed by atoms with Crippen LogP contribution in [0.3, 0.4) is 0 Å². The van der Waals surface area contributed by atoms with Crippen molar-refractivity contribution in [1.82, 2.24) is 9.88 Å². The topological polar surface area (TPSA) is 62.7 Å². The number of benzene rings is 2. The van der Waals surface area contributed by atoms with Crippen molar-refractivity contribution in [3.05, 3.63) is 60.8 Å². The molecule has 1 aromatic heterocycles. The Labute approximate surface area is 171 Å². The van der Waals surface area contributed by atoms with Gasteiger partial charge in [0.1, 0.15) is 0 Å². The molecule has 1 aliphatic heterocycles. The van der Waals surface area contributed by atoms with Gasteiger partial charge in [-0.25, -0.2) is 8.42 Å². The van der Waals surface area contributed by atoms with E-state index in [2.05, 4.69) is 20.9 Å². The number of rotatable bonds is 6. The van der Waals surface area contributed by atoms with E-state index in [0.717, 1.165) is 55.9 Å². The van der Waals surface area contributed by atoms with Crippen LogP contribution in [0.25, 0.3) is 10.9 Å². The second kappa shape index (κ2) is 8.49. The zero-order chi connectivity index (χ0) is 20.3. The molecule has 1 fully saturated rings. The number of ether oxygens (including phenoxy) is 1. The Hall–Kier alpha value is -2.48. The standard InChI is InChI=1S/C22H25N3O3S/c1-28-15-14-24-10-12-25(13-11-24)21-9-5-6-18-16-20(17-23-22(18)21)29(26,27)19-7-3-2-4-8-19/h2-9,16-17H,10-15H2,1H3. The molecule has 2 aromatic carbocycles. The molecule has 0 bridgehead atoms. The van der Waals surface area contributed by atoms with Gasteiger partial charge in [-0.05, 0) is 24.3 Å². The lowest BCUT2D eigenvalue weighted by molar-refractivity contribution is 0.144. The maximum Gasteiger partial charge on any atom is 0.208 e. The summed E-state index contributed by atoms with van der Waals surface area (Å²) in [4.78, 5) is 9.78. The van der Waals surface area contributed by atoms with Crippen LogP contribution in [0, 0.1) is 0 Å². The summed E-state index contributed by atoms with van der Waals surface area (Å²) < 4.78 is 31.0. The highest BCUT2D eigenvalue weighted by atomic mass is 32.2. The molecular formula is C22H25N3O3S. The summed E-state index contributed by atoms with van der Waals surface area (Å²) in [7, 11) is -1.85. The van der Waals surface area contributed by atoms with Crippen LogP contribution in [0.4, 0.5) is 5.69 Å². The number of sulfone groups is 1. The minimum absolute atomic E-state index is 0.220. The number of piperazine rings is 1. The maximum absolute atomic E-state index is 12.9. The lowest BCUT2D eigenvalue weighted by atomic mass is 10.1. The number of pyridine rings is 1. The molecule has 0 unspecified atom stereocenters. The first-order valence-corrected chi connectivity index (χ1v) is 11.2. The summed E-state index contributed by atoms with van der Waals surface area (Å²) in [6.07, 6.45) is 1.48. The fourth-order valence-electron chi connectivity index (χ4n) is 3.70. The highest BCUT2D eigenvalue weighted by Crippen LogP contribution is 2.29.